The van der Waals surface area contributed by atoms with E-state index in [0.717, 1.165) is 22.9 Å². The van der Waals surface area contributed by atoms with Crippen LogP contribution in [0.1, 0.15) is 31.2 Å². The van der Waals surface area contributed by atoms with Crippen molar-refractivity contribution in [1.29, 1.82) is 0 Å². The molecular weight excluding hydrogens is 318 g/mol. The fourth-order valence-corrected chi connectivity index (χ4v) is 3.09. The predicted octanol–water partition coefficient (Wildman–Crippen LogP) is 3.23. The van der Waals surface area contributed by atoms with Gasteiger partial charge >= 0.3 is 0 Å². The van der Waals surface area contributed by atoms with E-state index in [1.165, 1.54) is 12.8 Å². The summed E-state index contributed by atoms with van der Waals surface area (Å²) in [6.45, 7) is 0.444. The Morgan fingerprint density at radius 2 is 2.15 bits per heavy atom. The van der Waals surface area contributed by atoms with Crippen LogP contribution in [0, 0.1) is 0 Å². The minimum Gasteiger partial charge on any atom is -0.395 e. The van der Waals surface area contributed by atoms with Gasteiger partial charge in [-0.15, -0.1) is 0 Å². The molecule has 0 aromatic heterocycles. The van der Waals surface area contributed by atoms with Crippen LogP contribution < -0.4 is 0 Å². The first-order valence-electron chi connectivity index (χ1n) is 7.06. The third-order valence-corrected chi connectivity index (χ3v) is 4.15. The van der Waals surface area contributed by atoms with Crippen LogP contribution in [-0.2, 0) is 4.79 Å². The summed E-state index contributed by atoms with van der Waals surface area (Å²) in [5, 5.41) is 9.14. The smallest absolute Gasteiger partial charge is 0.246 e. The molecule has 0 heterocycles. The first kappa shape index (κ1) is 15.3. The topological polar surface area (TPSA) is 40.5 Å². The number of benzene rings is 1. The molecule has 1 amide bonds. The highest BCUT2D eigenvalue weighted by Crippen LogP contribution is 2.23. The maximum Gasteiger partial charge on any atom is 0.246 e. The first-order valence-corrected chi connectivity index (χ1v) is 7.85. The molecular formula is C16H20BrNO2. The summed E-state index contributed by atoms with van der Waals surface area (Å²) in [5.74, 6) is -0.00840. The van der Waals surface area contributed by atoms with E-state index in [1.807, 2.05) is 35.2 Å². The summed E-state index contributed by atoms with van der Waals surface area (Å²) in [5.41, 5.74) is 0.989. The Labute approximate surface area is 128 Å². The van der Waals surface area contributed by atoms with Crippen molar-refractivity contribution in [2.24, 2.45) is 0 Å². The van der Waals surface area contributed by atoms with Crippen LogP contribution in [0.5, 0.6) is 0 Å². The van der Waals surface area contributed by atoms with Crippen LogP contribution >= 0.6 is 15.9 Å². The lowest BCUT2D eigenvalue weighted by atomic mass is 10.2. The normalized spacial score (nSPS) is 15.9. The van der Waals surface area contributed by atoms with Crippen molar-refractivity contribution < 1.29 is 9.90 Å². The quantitative estimate of drug-likeness (QED) is 0.838. The zero-order valence-electron chi connectivity index (χ0n) is 11.5. The molecule has 2 rings (SSSR count). The molecule has 0 atom stereocenters. The van der Waals surface area contributed by atoms with Crippen LogP contribution in [-0.4, -0.2) is 35.1 Å². The summed E-state index contributed by atoms with van der Waals surface area (Å²) in [6.07, 6.45) is 7.89. The van der Waals surface area contributed by atoms with Gasteiger partial charge in [-0.05, 0) is 36.6 Å². The number of rotatable bonds is 5. The molecule has 1 fully saturated rings. The molecule has 1 aromatic rings. The lowest BCUT2D eigenvalue weighted by molar-refractivity contribution is -0.128. The van der Waals surface area contributed by atoms with Gasteiger partial charge in [-0.1, -0.05) is 40.9 Å². The molecule has 1 aliphatic rings. The molecule has 0 saturated heterocycles. The van der Waals surface area contributed by atoms with Gasteiger partial charge in [-0.25, -0.2) is 0 Å². The van der Waals surface area contributed by atoms with E-state index in [2.05, 4.69) is 15.9 Å². The van der Waals surface area contributed by atoms with Crippen molar-refractivity contribution in [2.75, 3.05) is 13.2 Å². The summed E-state index contributed by atoms with van der Waals surface area (Å²) in [4.78, 5) is 14.1. The number of aliphatic hydroxyl groups excluding tert-OH is 1. The number of hydrogen-bond acceptors (Lipinski definition) is 2. The summed E-state index contributed by atoms with van der Waals surface area (Å²) in [7, 11) is 0. The number of carbonyl (C=O) groups is 1. The minimum absolute atomic E-state index is 0.00840. The molecule has 1 aliphatic carbocycles. The third kappa shape index (κ3) is 4.18. The van der Waals surface area contributed by atoms with E-state index < -0.39 is 0 Å². The fourth-order valence-electron chi connectivity index (χ4n) is 2.67. The summed E-state index contributed by atoms with van der Waals surface area (Å²) >= 11 is 3.41. The number of halogens is 1. The minimum atomic E-state index is -0.00840. The van der Waals surface area contributed by atoms with Crippen LogP contribution in [0.2, 0.25) is 0 Å². The summed E-state index contributed by atoms with van der Waals surface area (Å²) in [6, 6.07) is 8.12. The van der Waals surface area contributed by atoms with E-state index in [1.54, 1.807) is 6.08 Å². The molecule has 4 heteroatoms. The molecule has 108 valence electrons. The van der Waals surface area contributed by atoms with Gasteiger partial charge in [-0.3, -0.25) is 4.79 Å². The van der Waals surface area contributed by atoms with E-state index in [9.17, 15) is 4.79 Å². The average Bonchev–Trinajstić information content (AvgIpc) is 2.96. The van der Waals surface area contributed by atoms with Gasteiger partial charge in [0.15, 0.2) is 0 Å². The largest absolute Gasteiger partial charge is 0.395 e. The van der Waals surface area contributed by atoms with E-state index in [4.69, 9.17) is 5.11 Å². The lowest BCUT2D eigenvalue weighted by Crippen LogP contribution is -2.39. The van der Waals surface area contributed by atoms with Crippen molar-refractivity contribution in [3.8, 4) is 0 Å². The Balaban J connectivity index is 2.03. The Kier molecular flexibility index (Phi) is 5.80. The molecule has 1 aromatic carbocycles. The molecule has 0 aliphatic heterocycles. The van der Waals surface area contributed by atoms with Gasteiger partial charge < -0.3 is 10.0 Å². The predicted molar refractivity (Wildman–Crippen MR) is 84.2 cm³/mol. The van der Waals surface area contributed by atoms with Gasteiger partial charge in [0, 0.05) is 23.1 Å². The monoisotopic (exact) mass is 337 g/mol. The zero-order chi connectivity index (χ0) is 14.4. The van der Waals surface area contributed by atoms with Gasteiger partial charge in [0.2, 0.25) is 5.91 Å². The maximum absolute atomic E-state index is 12.3. The van der Waals surface area contributed by atoms with Crippen LogP contribution in [0.25, 0.3) is 6.08 Å². The van der Waals surface area contributed by atoms with Gasteiger partial charge in [0.25, 0.3) is 0 Å². The van der Waals surface area contributed by atoms with Crippen molar-refractivity contribution in [3.05, 3.63) is 40.4 Å². The van der Waals surface area contributed by atoms with E-state index >= 15 is 0 Å². The molecule has 0 radical (unpaired) electrons. The Bertz CT molecular complexity index is 481. The zero-order valence-corrected chi connectivity index (χ0v) is 13.1. The fraction of sp³-hybridized carbons (Fsp3) is 0.438. The van der Waals surface area contributed by atoms with Crippen LogP contribution in [0.15, 0.2) is 34.8 Å². The van der Waals surface area contributed by atoms with Crippen molar-refractivity contribution >= 4 is 27.9 Å². The number of nitrogens with zero attached hydrogens (tertiary/aromatic N) is 1. The lowest BCUT2D eigenvalue weighted by Gasteiger charge is -2.27. The second-order valence-corrected chi connectivity index (χ2v) is 6.00. The number of aliphatic hydroxyl groups is 1. The highest BCUT2D eigenvalue weighted by atomic mass is 79.9. The number of carbonyl (C=O) groups excluding carboxylic acids is 1. The standard InChI is InChI=1S/C16H20BrNO2/c17-14-5-3-4-13(12-14)8-9-16(20)18(10-11-19)15-6-1-2-7-15/h3-5,8-9,12,15,19H,1-2,6-7,10-11H2. The summed E-state index contributed by atoms with van der Waals surface area (Å²) < 4.78 is 0.995. The van der Waals surface area contributed by atoms with Crippen LogP contribution in [0.3, 0.4) is 0 Å². The first-order chi connectivity index (χ1) is 9.70. The Morgan fingerprint density at radius 3 is 2.80 bits per heavy atom. The van der Waals surface area contributed by atoms with Gasteiger partial charge in [0.05, 0.1) is 6.61 Å². The molecule has 3 nitrogen and oxygen atoms in total. The molecule has 0 spiro atoms. The SMILES string of the molecule is O=C(C=Cc1cccc(Br)c1)N(CCO)C1CCCC1. The van der Waals surface area contributed by atoms with E-state index in [-0.39, 0.29) is 12.5 Å². The maximum atomic E-state index is 12.3. The Hall–Kier alpha value is -1.13. The van der Waals surface area contributed by atoms with Crippen molar-refractivity contribution in [3.63, 3.8) is 0 Å². The van der Waals surface area contributed by atoms with Gasteiger partial charge in [-0.2, -0.15) is 0 Å². The second kappa shape index (κ2) is 7.60. The average molecular weight is 338 g/mol. The molecule has 0 bridgehead atoms. The van der Waals surface area contributed by atoms with Crippen molar-refractivity contribution in [2.45, 2.75) is 31.7 Å². The van der Waals surface area contributed by atoms with E-state index in [0.29, 0.717) is 12.6 Å². The molecule has 20 heavy (non-hydrogen) atoms. The van der Waals surface area contributed by atoms with Crippen LogP contribution in [0.4, 0.5) is 0 Å². The highest BCUT2D eigenvalue weighted by Gasteiger charge is 2.24. The molecule has 1 saturated carbocycles. The third-order valence-electron chi connectivity index (χ3n) is 3.66. The number of hydrogen-bond donors (Lipinski definition) is 1. The number of amides is 1. The second-order valence-electron chi connectivity index (χ2n) is 5.08. The molecule has 0 unspecified atom stereocenters. The highest BCUT2D eigenvalue weighted by molar-refractivity contribution is 9.10. The van der Waals surface area contributed by atoms with Crippen molar-refractivity contribution in [1.82, 2.24) is 4.90 Å². The molecule has 1 N–H and O–H groups in total. The van der Waals surface area contributed by atoms with Gasteiger partial charge in [0.1, 0.15) is 0 Å². The Morgan fingerprint density at radius 1 is 1.40 bits per heavy atom.